The highest BCUT2D eigenvalue weighted by molar-refractivity contribution is 6.07. The molecule has 0 unspecified atom stereocenters. The Hall–Kier alpha value is -3.48. The number of benzene rings is 2. The predicted octanol–water partition coefficient (Wildman–Crippen LogP) is 3.40. The lowest BCUT2D eigenvalue weighted by Gasteiger charge is -2.13. The van der Waals surface area contributed by atoms with Gasteiger partial charge in [-0.3, -0.25) is 4.79 Å². The topological polar surface area (TPSA) is 76.7 Å². The zero-order chi connectivity index (χ0) is 20.3. The van der Waals surface area contributed by atoms with Gasteiger partial charge in [-0.25, -0.2) is 4.98 Å². The number of aromatic nitrogens is 2. The van der Waals surface area contributed by atoms with Crippen LogP contribution in [0.15, 0.2) is 42.6 Å². The minimum atomic E-state index is -0.177. The lowest BCUT2D eigenvalue weighted by atomic mass is 10.1. The number of methoxy groups -OCH3 is 3. The Balaban J connectivity index is 1.92. The number of H-pyrrole nitrogens is 1. The van der Waals surface area contributed by atoms with Crippen LogP contribution < -0.4 is 19.1 Å². The molecular weight excluding hydrogens is 358 g/mol. The molecule has 0 bridgehead atoms. The molecule has 7 nitrogen and oxygen atoms in total. The number of nitrogens with zero attached hydrogens (tertiary/aromatic N) is 2. The first-order valence-electron chi connectivity index (χ1n) is 8.66. The zero-order valence-corrected chi connectivity index (χ0v) is 16.6. The number of anilines is 1. The van der Waals surface area contributed by atoms with Crippen molar-refractivity contribution in [1.29, 1.82) is 0 Å². The van der Waals surface area contributed by atoms with Gasteiger partial charge in [0.15, 0.2) is 17.3 Å². The summed E-state index contributed by atoms with van der Waals surface area (Å²) in [6.45, 7) is 0. The second-order valence-electron chi connectivity index (χ2n) is 6.33. The van der Waals surface area contributed by atoms with E-state index in [1.807, 2.05) is 31.1 Å². The summed E-state index contributed by atoms with van der Waals surface area (Å²) in [6.07, 6.45) is 1.61. The van der Waals surface area contributed by atoms with Crippen LogP contribution in [0.25, 0.3) is 11.3 Å². The highest BCUT2D eigenvalue weighted by Gasteiger charge is 2.17. The van der Waals surface area contributed by atoms with Crippen LogP contribution in [0.1, 0.15) is 16.2 Å². The van der Waals surface area contributed by atoms with Crippen molar-refractivity contribution in [2.45, 2.75) is 0 Å². The molecule has 146 valence electrons. The van der Waals surface area contributed by atoms with E-state index in [9.17, 15) is 4.79 Å². The molecule has 0 radical (unpaired) electrons. The first kappa shape index (κ1) is 19.3. The van der Waals surface area contributed by atoms with Gasteiger partial charge in [0.05, 0.1) is 33.2 Å². The van der Waals surface area contributed by atoms with Gasteiger partial charge in [-0.2, -0.15) is 0 Å². The summed E-state index contributed by atoms with van der Waals surface area (Å²) in [4.78, 5) is 22.1. The normalized spacial score (nSPS) is 10.5. The maximum Gasteiger partial charge on any atom is 0.228 e. The van der Waals surface area contributed by atoms with Gasteiger partial charge in [0.25, 0.3) is 0 Å². The number of hydrogen-bond acceptors (Lipinski definition) is 6. The second kappa shape index (κ2) is 8.04. The number of rotatable bonds is 7. The Kier molecular flexibility index (Phi) is 5.54. The van der Waals surface area contributed by atoms with Crippen molar-refractivity contribution < 1.29 is 19.0 Å². The third-order valence-electron chi connectivity index (χ3n) is 4.41. The number of hydrogen-bond donors (Lipinski definition) is 1. The van der Waals surface area contributed by atoms with E-state index in [-0.39, 0.29) is 11.6 Å². The third-order valence-corrected chi connectivity index (χ3v) is 4.41. The fraction of sp³-hybridized carbons (Fsp3) is 0.238. The van der Waals surface area contributed by atoms with Crippen LogP contribution in [0.3, 0.4) is 0 Å². The van der Waals surface area contributed by atoms with Gasteiger partial charge < -0.3 is 24.1 Å². The van der Waals surface area contributed by atoms with Gasteiger partial charge in [0.2, 0.25) is 11.5 Å². The fourth-order valence-electron chi connectivity index (χ4n) is 2.87. The average Bonchev–Trinajstić information content (AvgIpc) is 3.22. The number of ether oxygens (including phenoxy) is 3. The smallest absolute Gasteiger partial charge is 0.228 e. The van der Waals surface area contributed by atoms with E-state index in [1.165, 1.54) is 0 Å². The maximum absolute atomic E-state index is 12.7. The SMILES string of the molecule is COc1cc(-c2cnc(C(=O)c3ccc(N(C)C)cc3)[nH]2)cc(OC)c1OC. The quantitative estimate of drug-likeness (QED) is 0.632. The van der Waals surface area contributed by atoms with Crippen LogP contribution in [0, 0.1) is 0 Å². The van der Waals surface area contributed by atoms with Crippen molar-refractivity contribution in [2.24, 2.45) is 0 Å². The Morgan fingerprint density at radius 3 is 2.07 bits per heavy atom. The molecule has 0 fully saturated rings. The van der Waals surface area contributed by atoms with Crippen LogP contribution in [-0.4, -0.2) is 51.2 Å². The second-order valence-corrected chi connectivity index (χ2v) is 6.33. The van der Waals surface area contributed by atoms with Crippen molar-refractivity contribution in [1.82, 2.24) is 9.97 Å². The van der Waals surface area contributed by atoms with Gasteiger partial charge >= 0.3 is 0 Å². The monoisotopic (exact) mass is 381 g/mol. The van der Waals surface area contributed by atoms with Crippen LogP contribution >= 0.6 is 0 Å². The lowest BCUT2D eigenvalue weighted by molar-refractivity contribution is 0.103. The number of carbonyl (C=O) groups excluding carboxylic acids is 1. The summed E-state index contributed by atoms with van der Waals surface area (Å²) < 4.78 is 16.1. The van der Waals surface area contributed by atoms with Crippen LogP contribution in [0.2, 0.25) is 0 Å². The Labute approximate surface area is 163 Å². The van der Waals surface area contributed by atoms with Crippen molar-refractivity contribution in [3.05, 3.63) is 54.0 Å². The zero-order valence-electron chi connectivity index (χ0n) is 16.6. The molecule has 0 spiro atoms. The molecule has 28 heavy (non-hydrogen) atoms. The van der Waals surface area contributed by atoms with Crippen LogP contribution in [0.4, 0.5) is 5.69 Å². The molecule has 0 amide bonds. The summed E-state index contributed by atoms with van der Waals surface area (Å²) in [5.74, 6) is 1.65. The molecule has 0 atom stereocenters. The molecule has 0 aliphatic carbocycles. The Bertz CT molecular complexity index is 953. The number of ketones is 1. The highest BCUT2D eigenvalue weighted by Crippen LogP contribution is 2.40. The molecule has 2 aromatic carbocycles. The number of carbonyl (C=O) groups is 1. The number of nitrogens with one attached hydrogen (secondary N) is 1. The molecule has 3 rings (SSSR count). The molecular formula is C21H23N3O4. The predicted molar refractivity (Wildman–Crippen MR) is 108 cm³/mol. The first-order valence-corrected chi connectivity index (χ1v) is 8.66. The van der Waals surface area contributed by atoms with Crippen molar-refractivity contribution in [3.63, 3.8) is 0 Å². The molecule has 0 saturated heterocycles. The minimum Gasteiger partial charge on any atom is -0.493 e. The standard InChI is InChI=1S/C21H23N3O4/c1-24(2)15-8-6-13(7-9-15)19(25)21-22-12-16(23-21)14-10-17(26-3)20(28-5)18(11-14)27-4/h6-12H,1-5H3,(H,22,23). The van der Waals surface area contributed by atoms with Crippen LogP contribution in [0.5, 0.6) is 17.2 Å². The summed E-state index contributed by atoms with van der Waals surface area (Å²) in [6, 6.07) is 11.0. The van der Waals surface area contributed by atoms with Crippen molar-refractivity contribution >= 4 is 11.5 Å². The molecule has 3 aromatic rings. The van der Waals surface area contributed by atoms with E-state index in [4.69, 9.17) is 14.2 Å². The number of imidazole rings is 1. The molecule has 1 aromatic heterocycles. The maximum atomic E-state index is 12.7. The van der Waals surface area contributed by atoms with Gasteiger partial charge in [0.1, 0.15) is 0 Å². The van der Waals surface area contributed by atoms with Crippen LogP contribution in [-0.2, 0) is 0 Å². The number of aromatic amines is 1. The molecule has 1 N–H and O–H groups in total. The van der Waals surface area contributed by atoms with Gasteiger partial charge in [-0.05, 0) is 36.4 Å². The molecule has 0 saturated carbocycles. The van der Waals surface area contributed by atoms with Crippen molar-refractivity contribution in [3.8, 4) is 28.5 Å². The van der Waals surface area contributed by atoms with Gasteiger partial charge in [0, 0.05) is 30.9 Å². The summed E-state index contributed by atoms with van der Waals surface area (Å²) in [7, 11) is 8.56. The lowest BCUT2D eigenvalue weighted by Crippen LogP contribution is -2.09. The van der Waals surface area contributed by atoms with E-state index in [0.717, 1.165) is 11.3 Å². The highest BCUT2D eigenvalue weighted by atomic mass is 16.5. The van der Waals surface area contributed by atoms with E-state index < -0.39 is 0 Å². The Morgan fingerprint density at radius 1 is 0.964 bits per heavy atom. The minimum absolute atomic E-state index is 0.177. The average molecular weight is 381 g/mol. The molecule has 1 heterocycles. The summed E-state index contributed by atoms with van der Waals surface area (Å²) >= 11 is 0. The summed E-state index contributed by atoms with van der Waals surface area (Å²) in [5.41, 5.74) is 3.03. The summed E-state index contributed by atoms with van der Waals surface area (Å²) in [5, 5.41) is 0. The Morgan fingerprint density at radius 2 is 1.57 bits per heavy atom. The molecule has 0 aliphatic heterocycles. The van der Waals surface area contributed by atoms with Crippen molar-refractivity contribution in [2.75, 3.05) is 40.3 Å². The van der Waals surface area contributed by atoms with E-state index in [2.05, 4.69) is 9.97 Å². The van der Waals surface area contributed by atoms with E-state index >= 15 is 0 Å². The fourth-order valence-corrected chi connectivity index (χ4v) is 2.87. The first-order chi connectivity index (χ1) is 13.5. The molecule has 7 heteroatoms. The largest absolute Gasteiger partial charge is 0.493 e. The molecule has 0 aliphatic rings. The third kappa shape index (κ3) is 3.64. The van der Waals surface area contributed by atoms with E-state index in [1.54, 1.807) is 51.8 Å². The van der Waals surface area contributed by atoms with Gasteiger partial charge in [-0.15, -0.1) is 0 Å². The van der Waals surface area contributed by atoms with Gasteiger partial charge in [-0.1, -0.05) is 0 Å². The van der Waals surface area contributed by atoms with E-state index in [0.29, 0.717) is 28.5 Å².